The molecule has 0 unspecified atom stereocenters. The van der Waals surface area contributed by atoms with E-state index in [1.54, 1.807) is 0 Å². The van der Waals surface area contributed by atoms with Crippen molar-refractivity contribution >= 4 is 5.91 Å². The summed E-state index contributed by atoms with van der Waals surface area (Å²) in [6.45, 7) is 4.70. The number of carbonyl (C=O) groups excluding carboxylic acids is 1. The summed E-state index contributed by atoms with van der Waals surface area (Å²) in [6, 6.07) is 17.2. The van der Waals surface area contributed by atoms with Crippen LogP contribution in [-0.2, 0) is 22.6 Å². The van der Waals surface area contributed by atoms with Gasteiger partial charge in [0.1, 0.15) is 6.10 Å². The summed E-state index contributed by atoms with van der Waals surface area (Å²) >= 11 is 0. The normalized spacial score (nSPS) is 20.1. The molecule has 0 bridgehead atoms. The fourth-order valence-corrected chi connectivity index (χ4v) is 4.03. The van der Waals surface area contributed by atoms with Gasteiger partial charge in [0.2, 0.25) is 5.91 Å². The number of nitrogens with zero attached hydrogens (tertiary/aromatic N) is 1. The Morgan fingerprint density at radius 3 is 2.56 bits per heavy atom. The van der Waals surface area contributed by atoms with Gasteiger partial charge < -0.3 is 10.1 Å². The van der Waals surface area contributed by atoms with Crippen molar-refractivity contribution in [3.05, 3.63) is 59.7 Å². The molecule has 4 rings (SSSR count). The minimum atomic E-state index is -0.276. The Balaban J connectivity index is 1.42. The van der Waals surface area contributed by atoms with Crippen LogP contribution in [-0.4, -0.2) is 36.6 Å². The SMILES string of the molecule is O=C(NCc1ccccc1-c1ccc(CN2CCCC2)cc1)[C@H]1CCCO1. The van der Waals surface area contributed by atoms with Crippen molar-refractivity contribution in [1.82, 2.24) is 10.2 Å². The van der Waals surface area contributed by atoms with E-state index in [0.717, 1.165) is 24.9 Å². The number of amides is 1. The van der Waals surface area contributed by atoms with Crippen molar-refractivity contribution in [2.75, 3.05) is 19.7 Å². The lowest BCUT2D eigenvalue weighted by Crippen LogP contribution is -2.33. The summed E-state index contributed by atoms with van der Waals surface area (Å²) in [6.07, 6.45) is 4.17. The molecule has 2 aromatic rings. The van der Waals surface area contributed by atoms with Gasteiger partial charge in [0.25, 0.3) is 0 Å². The third-order valence-corrected chi connectivity index (χ3v) is 5.56. The minimum Gasteiger partial charge on any atom is -0.368 e. The van der Waals surface area contributed by atoms with Gasteiger partial charge in [-0.05, 0) is 61.0 Å². The summed E-state index contributed by atoms with van der Waals surface area (Å²) < 4.78 is 5.47. The second-order valence-electron chi connectivity index (χ2n) is 7.56. The Kier molecular flexibility index (Phi) is 5.85. The molecule has 2 fully saturated rings. The zero-order chi connectivity index (χ0) is 18.5. The van der Waals surface area contributed by atoms with Gasteiger partial charge in [-0.1, -0.05) is 48.5 Å². The van der Waals surface area contributed by atoms with Crippen LogP contribution >= 0.6 is 0 Å². The summed E-state index contributed by atoms with van der Waals surface area (Å²) in [5.74, 6) is 0.00302. The van der Waals surface area contributed by atoms with Gasteiger partial charge in [0.05, 0.1) is 0 Å². The maximum Gasteiger partial charge on any atom is 0.249 e. The summed E-state index contributed by atoms with van der Waals surface area (Å²) in [7, 11) is 0. The summed E-state index contributed by atoms with van der Waals surface area (Å²) in [4.78, 5) is 14.8. The molecule has 0 spiro atoms. The fourth-order valence-electron chi connectivity index (χ4n) is 4.03. The molecule has 2 aromatic carbocycles. The maximum absolute atomic E-state index is 12.2. The van der Waals surface area contributed by atoms with E-state index in [1.165, 1.54) is 42.6 Å². The van der Waals surface area contributed by atoms with Crippen LogP contribution in [0.3, 0.4) is 0 Å². The van der Waals surface area contributed by atoms with E-state index in [4.69, 9.17) is 4.74 Å². The van der Waals surface area contributed by atoms with Crippen molar-refractivity contribution in [2.45, 2.75) is 44.9 Å². The zero-order valence-corrected chi connectivity index (χ0v) is 15.8. The molecule has 4 nitrogen and oxygen atoms in total. The molecule has 142 valence electrons. The topological polar surface area (TPSA) is 41.6 Å². The maximum atomic E-state index is 12.2. The van der Waals surface area contributed by atoms with Crippen LogP contribution in [0, 0.1) is 0 Å². The number of rotatable bonds is 6. The smallest absolute Gasteiger partial charge is 0.249 e. The van der Waals surface area contributed by atoms with Crippen molar-refractivity contribution in [3.63, 3.8) is 0 Å². The van der Waals surface area contributed by atoms with Crippen LogP contribution in [0.2, 0.25) is 0 Å². The molecule has 2 saturated heterocycles. The molecule has 0 radical (unpaired) electrons. The largest absolute Gasteiger partial charge is 0.368 e. The standard InChI is InChI=1S/C23H28N2O2/c26-23(22-8-5-15-27-22)24-16-20-6-1-2-7-21(20)19-11-9-18(10-12-19)17-25-13-3-4-14-25/h1-2,6-7,9-12,22H,3-5,8,13-17H2,(H,24,26)/t22-/m1/s1. The van der Waals surface area contributed by atoms with Crippen LogP contribution in [0.4, 0.5) is 0 Å². The number of ether oxygens (including phenoxy) is 1. The summed E-state index contributed by atoms with van der Waals surface area (Å²) in [5.41, 5.74) is 4.88. The molecule has 1 atom stereocenters. The highest BCUT2D eigenvalue weighted by molar-refractivity contribution is 5.81. The molecule has 1 amide bonds. The predicted molar refractivity (Wildman–Crippen MR) is 107 cm³/mol. The van der Waals surface area contributed by atoms with Crippen LogP contribution in [0.1, 0.15) is 36.8 Å². The molecule has 2 aliphatic rings. The zero-order valence-electron chi connectivity index (χ0n) is 15.8. The van der Waals surface area contributed by atoms with Crippen molar-refractivity contribution in [1.29, 1.82) is 0 Å². The highest BCUT2D eigenvalue weighted by Gasteiger charge is 2.23. The average molecular weight is 364 g/mol. The molecule has 0 aromatic heterocycles. The first-order valence-electron chi connectivity index (χ1n) is 10.1. The number of hydrogen-bond acceptors (Lipinski definition) is 3. The van der Waals surface area contributed by atoms with Gasteiger partial charge in [0, 0.05) is 19.7 Å². The third-order valence-electron chi connectivity index (χ3n) is 5.56. The number of carbonyl (C=O) groups is 1. The first-order chi connectivity index (χ1) is 13.3. The molecule has 27 heavy (non-hydrogen) atoms. The van der Waals surface area contributed by atoms with E-state index in [1.807, 2.05) is 6.07 Å². The summed E-state index contributed by atoms with van der Waals surface area (Å²) in [5, 5.41) is 3.04. The lowest BCUT2D eigenvalue weighted by atomic mass is 9.98. The quantitative estimate of drug-likeness (QED) is 0.849. The number of likely N-dealkylation sites (tertiary alicyclic amines) is 1. The molecule has 4 heteroatoms. The molecular weight excluding hydrogens is 336 g/mol. The highest BCUT2D eigenvalue weighted by Crippen LogP contribution is 2.25. The lowest BCUT2D eigenvalue weighted by molar-refractivity contribution is -0.130. The minimum absolute atomic E-state index is 0.00302. The van der Waals surface area contributed by atoms with Gasteiger partial charge in [-0.2, -0.15) is 0 Å². The van der Waals surface area contributed by atoms with Gasteiger partial charge in [-0.3, -0.25) is 9.69 Å². The van der Waals surface area contributed by atoms with Gasteiger partial charge in [0.15, 0.2) is 0 Å². The molecule has 2 heterocycles. The van der Waals surface area contributed by atoms with Crippen LogP contribution in [0.15, 0.2) is 48.5 Å². The van der Waals surface area contributed by atoms with Crippen LogP contribution in [0.25, 0.3) is 11.1 Å². The predicted octanol–water partition coefficient (Wildman–Crippen LogP) is 3.74. The van der Waals surface area contributed by atoms with E-state index >= 15 is 0 Å². The Hall–Kier alpha value is -2.17. The van der Waals surface area contributed by atoms with Gasteiger partial charge >= 0.3 is 0 Å². The van der Waals surface area contributed by atoms with Crippen molar-refractivity contribution in [2.24, 2.45) is 0 Å². The second-order valence-corrected chi connectivity index (χ2v) is 7.56. The number of nitrogens with one attached hydrogen (secondary N) is 1. The van der Waals surface area contributed by atoms with E-state index < -0.39 is 0 Å². The van der Waals surface area contributed by atoms with E-state index in [0.29, 0.717) is 13.2 Å². The lowest BCUT2D eigenvalue weighted by Gasteiger charge is -2.16. The third kappa shape index (κ3) is 4.57. The van der Waals surface area contributed by atoms with E-state index in [9.17, 15) is 4.79 Å². The van der Waals surface area contributed by atoms with Gasteiger partial charge in [-0.15, -0.1) is 0 Å². The molecular formula is C23H28N2O2. The van der Waals surface area contributed by atoms with E-state index in [-0.39, 0.29) is 12.0 Å². The van der Waals surface area contributed by atoms with E-state index in [2.05, 4.69) is 52.7 Å². The Morgan fingerprint density at radius 1 is 1.04 bits per heavy atom. The number of benzene rings is 2. The first kappa shape index (κ1) is 18.2. The van der Waals surface area contributed by atoms with Crippen molar-refractivity contribution < 1.29 is 9.53 Å². The van der Waals surface area contributed by atoms with Gasteiger partial charge in [-0.25, -0.2) is 0 Å². The second kappa shape index (κ2) is 8.68. The van der Waals surface area contributed by atoms with Crippen LogP contribution in [0.5, 0.6) is 0 Å². The molecule has 0 saturated carbocycles. The Bertz CT molecular complexity index is 760. The number of hydrogen-bond donors (Lipinski definition) is 1. The van der Waals surface area contributed by atoms with Crippen molar-refractivity contribution in [3.8, 4) is 11.1 Å². The molecule has 0 aliphatic carbocycles. The molecule has 1 N–H and O–H groups in total. The average Bonchev–Trinajstić information content (AvgIpc) is 3.41. The Morgan fingerprint density at radius 2 is 1.81 bits per heavy atom. The monoisotopic (exact) mass is 364 g/mol. The molecule has 2 aliphatic heterocycles. The highest BCUT2D eigenvalue weighted by atomic mass is 16.5. The first-order valence-corrected chi connectivity index (χ1v) is 10.1. The van der Waals surface area contributed by atoms with Crippen LogP contribution < -0.4 is 5.32 Å². The Labute approximate surface area is 161 Å². The fraction of sp³-hybridized carbons (Fsp3) is 0.435.